The molecule has 0 aliphatic heterocycles. The molecule has 1 aliphatic carbocycles. The maximum absolute atomic E-state index is 12.3. The lowest BCUT2D eigenvalue weighted by atomic mass is 10.1. The molecule has 1 N–H and O–H groups in total. The second kappa shape index (κ2) is 4.97. The van der Waals surface area contributed by atoms with E-state index in [4.69, 9.17) is 0 Å². The van der Waals surface area contributed by atoms with Crippen LogP contribution in [0.5, 0.6) is 0 Å². The van der Waals surface area contributed by atoms with Crippen molar-refractivity contribution in [2.24, 2.45) is 5.92 Å². The Bertz CT molecular complexity index is 764. The summed E-state index contributed by atoms with van der Waals surface area (Å²) in [6, 6.07) is 18.2. The predicted molar refractivity (Wildman–Crippen MR) is 85.5 cm³/mol. The summed E-state index contributed by atoms with van der Waals surface area (Å²) in [5, 5.41) is 3.66. The maximum atomic E-state index is 12.3. The van der Waals surface area contributed by atoms with Gasteiger partial charge in [-0.15, -0.1) is 0 Å². The van der Waals surface area contributed by atoms with E-state index < -0.39 is 0 Å². The fraction of sp³-hybridized carbons (Fsp3) is 0.176. The Kier molecular flexibility index (Phi) is 2.97. The molecule has 1 saturated carbocycles. The van der Waals surface area contributed by atoms with E-state index in [1.165, 1.54) is 16.9 Å². The van der Waals surface area contributed by atoms with E-state index in [2.05, 4.69) is 22.4 Å². The molecule has 0 bridgehead atoms. The van der Waals surface area contributed by atoms with E-state index in [-0.39, 0.29) is 11.8 Å². The maximum Gasteiger partial charge on any atom is 0.229 e. The molecule has 21 heavy (non-hydrogen) atoms. The molecule has 3 aromatic rings. The highest BCUT2D eigenvalue weighted by molar-refractivity contribution is 7.22. The van der Waals surface area contributed by atoms with Crippen molar-refractivity contribution in [3.63, 3.8) is 0 Å². The number of hydrogen-bond donors (Lipinski definition) is 1. The summed E-state index contributed by atoms with van der Waals surface area (Å²) in [5.74, 6) is 0.530. The summed E-state index contributed by atoms with van der Waals surface area (Å²) in [6.45, 7) is 0. The summed E-state index contributed by atoms with van der Waals surface area (Å²) < 4.78 is 1.10. The molecule has 3 nitrogen and oxygen atoms in total. The number of thiazole rings is 1. The molecule has 1 amide bonds. The van der Waals surface area contributed by atoms with Crippen molar-refractivity contribution in [2.45, 2.75) is 12.3 Å². The standard InChI is InChI=1S/C17H14N2OS/c20-16(13-10-12(13)11-6-2-1-3-7-11)19-17-18-14-8-4-5-9-15(14)21-17/h1-9,12-13H,10H2,(H,18,19,20). The zero-order valence-electron chi connectivity index (χ0n) is 11.3. The number of carbonyl (C=O) groups excluding carboxylic acids is 1. The first kappa shape index (κ1) is 12.5. The Labute approximate surface area is 126 Å². The smallest absolute Gasteiger partial charge is 0.229 e. The Morgan fingerprint density at radius 3 is 2.67 bits per heavy atom. The van der Waals surface area contributed by atoms with Gasteiger partial charge in [-0.3, -0.25) is 4.79 Å². The predicted octanol–water partition coefficient (Wildman–Crippen LogP) is 4.04. The van der Waals surface area contributed by atoms with E-state index >= 15 is 0 Å². The molecule has 2 unspecified atom stereocenters. The van der Waals surface area contributed by atoms with Crippen LogP contribution in [0.1, 0.15) is 17.9 Å². The molecule has 4 heteroatoms. The third-order valence-electron chi connectivity index (χ3n) is 3.88. The third-order valence-corrected chi connectivity index (χ3v) is 4.83. The van der Waals surface area contributed by atoms with Crippen molar-refractivity contribution >= 4 is 32.6 Å². The van der Waals surface area contributed by atoms with Gasteiger partial charge >= 0.3 is 0 Å². The van der Waals surface area contributed by atoms with Crippen LogP contribution in [0, 0.1) is 5.92 Å². The molecule has 104 valence electrons. The number of aromatic nitrogens is 1. The lowest BCUT2D eigenvalue weighted by molar-refractivity contribution is -0.117. The Morgan fingerprint density at radius 1 is 1.10 bits per heavy atom. The second-order valence-corrected chi connectivity index (χ2v) is 6.37. The van der Waals surface area contributed by atoms with Gasteiger partial charge in [-0.05, 0) is 30.0 Å². The number of anilines is 1. The van der Waals surface area contributed by atoms with Crippen molar-refractivity contribution in [2.75, 3.05) is 5.32 Å². The average Bonchev–Trinajstić information content (AvgIpc) is 3.22. The molecule has 0 spiro atoms. The van der Waals surface area contributed by atoms with Crippen molar-refractivity contribution in [3.8, 4) is 0 Å². The van der Waals surface area contributed by atoms with Gasteiger partial charge in [0, 0.05) is 5.92 Å². The van der Waals surface area contributed by atoms with E-state index in [1.807, 2.05) is 42.5 Å². The molecular formula is C17H14N2OS. The summed E-state index contributed by atoms with van der Waals surface area (Å²) in [4.78, 5) is 16.7. The number of amides is 1. The molecule has 0 radical (unpaired) electrons. The van der Waals surface area contributed by atoms with Crippen LogP contribution in [0.2, 0.25) is 0 Å². The first-order valence-corrected chi connectivity index (χ1v) is 7.84. The fourth-order valence-electron chi connectivity index (χ4n) is 2.68. The molecule has 1 aromatic heterocycles. The topological polar surface area (TPSA) is 42.0 Å². The van der Waals surface area contributed by atoms with Gasteiger partial charge in [-0.2, -0.15) is 0 Å². The van der Waals surface area contributed by atoms with Gasteiger partial charge in [0.15, 0.2) is 5.13 Å². The molecule has 0 saturated heterocycles. The largest absolute Gasteiger partial charge is 0.302 e. The van der Waals surface area contributed by atoms with Crippen LogP contribution in [0.3, 0.4) is 0 Å². The number of fused-ring (bicyclic) bond motifs is 1. The number of para-hydroxylation sites is 1. The van der Waals surface area contributed by atoms with Crippen molar-refractivity contribution in [1.29, 1.82) is 0 Å². The molecular weight excluding hydrogens is 280 g/mol. The number of hydrogen-bond acceptors (Lipinski definition) is 3. The summed E-state index contributed by atoms with van der Waals surface area (Å²) >= 11 is 1.52. The highest BCUT2D eigenvalue weighted by Gasteiger charge is 2.44. The molecule has 2 atom stereocenters. The summed E-state index contributed by atoms with van der Waals surface area (Å²) in [5.41, 5.74) is 2.19. The van der Waals surface area contributed by atoms with E-state index in [0.717, 1.165) is 16.6 Å². The number of nitrogens with zero attached hydrogens (tertiary/aromatic N) is 1. The number of nitrogens with one attached hydrogen (secondary N) is 1. The van der Waals surface area contributed by atoms with Gasteiger partial charge in [0.1, 0.15) is 0 Å². The third kappa shape index (κ3) is 2.43. The van der Waals surface area contributed by atoms with Gasteiger partial charge in [-0.25, -0.2) is 4.98 Å². The molecule has 1 aliphatic rings. The second-order valence-electron chi connectivity index (χ2n) is 5.34. The lowest BCUT2D eigenvalue weighted by Crippen LogP contribution is -2.14. The van der Waals surface area contributed by atoms with E-state index in [9.17, 15) is 4.79 Å². The molecule has 1 fully saturated rings. The number of rotatable bonds is 3. The van der Waals surface area contributed by atoms with Crippen molar-refractivity contribution in [3.05, 3.63) is 60.2 Å². The first-order valence-electron chi connectivity index (χ1n) is 7.02. The number of benzene rings is 2. The van der Waals surface area contributed by atoms with Gasteiger partial charge in [0.25, 0.3) is 0 Å². The van der Waals surface area contributed by atoms with Gasteiger partial charge < -0.3 is 5.32 Å². The first-order chi connectivity index (χ1) is 10.3. The normalized spacial score (nSPS) is 20.4. The van der Waals surface area contributed by atoms with Crippen molar-refractivity contribution in [1.82, 2.24) is 4.98 Å². The average molecular weight is 294 g/mol. The molecule has 1 heterocycles. The van der Waals surface area contributed by atoms with Crippen LogP contribution in [-0.2, 0) is 4.79 Å². The van der Waals surface area contributed by atoms with Crippen LogP contribution in [0.15, 0.2) is 54.6 Å². The SMILES string of the molecule is O=C(Nc1nc2ccccc2s1)C1CC1c1ccccc1. The van der Waals surface area contributed by atoms with Gasteiger partial charge in [0.2, 0.25) is 5.91 Å². The minimum atomic E-state index is 0.0828. The number of carbonyl (C=O) groups is 1. The van der Waals surface area contributed by atoms with E-state index in [0.29, 0.717) is 11.0 Å². The Morgan fingerprint density at radius 2 is 1.86 bits per heavy atom. The van der Waals surface area contributed by atoms with E-state index in [1.54, 1.807) is 0 Å². The minimum absolute atomic E-state index is 0.0828. The zero-order chi connectivity index (χ0) is 14.2. The Hall–Kier alpha value is -2.20. The molecule has 2 aromatic carbocycles. The highest BCUT2D eigenvalue weighted by atomic mass is 32.1. The van der Waals surface area contributed by atoms with Crippen LogP contribution >= 0.6 is 11.3 Å². The fourth-order valence-corrected chi connectivity index (χ4v) is 3.55. The van der Waals surface area contributed by atoms with Crippen LogP contribution in [0.4, 0.5) is 5.13 Å². The Balaban J connectivity index is 1.47. The quantitative estimate of drug-likeness (QED) is 0.792. The highest BCUT2D eigenvalue weighted by Crippen LogP contribution is 2.48. The van der Waals surface area contributed by atoms with Gasteiger partial charge in [-0.1, -0.05) is 53.8 Å². The zero-order valence-corrected chi connectivity index (χ0v) is 12.1. The monoisotopic (exact) mass is 294 g/mol. The summed E-state index contributed by atoms with van der Waals surface area (Å²) in [7, 11) is 0. The van der Waals surface area contributed by atoms with Crippen LogP contribution in [-0.4, -0.2) is 10.9 Å². The van der Waals surface area contributed by atoms with Crippen LogP contribution in [0.25, 0.3) is 10.2 Å². The van der Waals surface area contributed by atoms with Crippen molar-refractivity contribution < 1.29 is 4.79 Å². The summed E-state index contributed by atoms with van der Waals surface area (Å²) in [6.07, 6.45) is 0.931. The molecule has 4 rings (SSSR count). The van der Waals surface area contributed by atoms with Gasteiger partial charge in [0.05, 0.1) is 10.2 Å². The lowest BCUT2D eigenvalue weighted by Gasteiger charge is -2.01. The minimum Gasteiger partial charge on any atom is -0.302 e. The van der Waals surface area contributed by atoms with Crippen LogP contribution < -0.4 is 5.32 Å².